The number of carbonyl (C=O) groups is 2. The number of ether oxygens (including phenoxy) is 1. The summed E-state index contributed by atoms with van der Waals surface area (Å²) in [7, 11) is 1.33. The molecule has 23 heavy (non-hydrogen) atoms. The number of methoxy groups -OCH3 is 1. The highest BCUT2D eigenvalue weighted by molar-refractivity contribution is 5.96. The Morgan fingerprint density at radius 2 is 1.70 bits per heavy atom. The third-order valence-electron chi connectivity index (χ3n) is 3.56. The summed E-state index contributed by atoms with van der Waals surface area (Å²) in [6.07, 6.45) is 0. The molecule has 0 bridgehead atoms. The van der Waals surface area contributed by atoms with Gasteiger partial charge in [0.05, 0.1) is 19.2 Å². The lowest BCUT2D eigenvalue weighted by Gasteiger charge is -2.26. The highest BCUT2D eigenvalue weighted by Crippen LogP contribution is 2.16. The number of hydrogen-bond donors (Lipinski definition) is 0. The normalized spacial score (nSPS) is 10.7. The van der Waals surface area contributed by atoms with Crippen LogP contribution in [-0.2, 0) is 11.3 Å². The molecule has 0 aliphatic heterocycles. The molecule has 0 saturated heterocycles. The number of furan rings is 1. The molecule has 0 unspecified atom stereocenters. The lowest BCUT2D eigenvalue weighted by Crippen LogP contribution is -2.36. The van der Waals surface area contributed by atoms with Gasteiger partial charge in [0.2, 0.25) is 0 Å². The zero-order chi connectivity index (χ0) is 17.0. The van der Waals surface area contributed by atoms with Gasteiger partial charge in [0.15, 0.2) is 0 Å². The Hall–Kier alpha value is -2.56. The van der Waals surface area contributed by atoms with Gasteiger partial charge in [-0.3, -0.25) is 4.79 Å². The average Bonchev–Trinajstić information content (AvgIpc) is 2.96. The van der Waals surface area contributed by atoms with Crippen molar-refractivity contribution in [3.63, 3.8) is 0 Å². The summed E-state index contributed by atoms with van der Waals surface area (Å²) in [6, 6.07) is 10.2. The third kappa shape index (κ3) is 4.00. The smallest absolute Gasteiger partial charge is 0.337 e. The molecule has 1 amide bonds. The van der Waals surface area contributed by atoms with Crippen LogP contribution in [0.2, 0.25) is 0 Å². The highest BCUT2D eigenvalue weighted by Gasteiger charge is 2.20. The summed E-state index contributed by atoms with van der Waals surface area (Å²) in [5.41, 5.74) is 0.941. The number of hydrogen-bond acceptors (Lipinski definition) is 4. The first kappa shape index (κ1) is 16.8. The lowest BCUT2D eigenvalue weighted by atomic mass is 10.1. The van der Waals surface area contributed by atoms with Crippen LogP contribution < -0.4 is 0 Å². The maximum absolute atomic E-state index is 12.7. The van der Waals surface area contributed by atoms with E-state index in [1.54, 1.807) is 29.2 Å². The van der Waals surface area contributed by atoms with Crippen LogP contribution in [0.25, 0.3) is 0 Å². The molecule has 2 aromatic rings. The predicted molar refractivity (Wildman–Crippen MR) is 86.2 cm³/mol. The van der Waals surface area contributed by atoms with Gasteiger partial charge in [-0.05, 0) is 57.2 Å². The molecule has 2 rings (SSSR count). The molecule has 5 heteroatoms. The second kappa shape index (κ2) is 7.13. The van der Waals surface area contributed by atoms with Gasteiger partial charge in [-0.1, -0.05) is 0 Å². The molecule has 0 saturated carbocycles. The molecule has 1 aromatic carbocycles. The summed E-state index contributed by atoms with van der Waals surface area (Å²) in [5.74, 6) is 1.04. The molecular weight excluding hydrogens is 294 g/mol. The Labute approximate surface area is 135 Å². The van der Waals surface area contributed by atoms with Crippen LogP contribution in [-0.4, -0.2) is 29.9 Å². The summed E-state index contributed by atoms with van der Waals surface area (Å²) < 4.78 is 10.2. The first-order chi connectivity index (χ1) is 10.9. The number of rotatable bonds is 5. The molecule has 0 radical (unpaired) electrons. The quantitative estimate of drug-likeness (QED) is 0.793. The highest BCUT2D eigenvalue weighted by atomic mass is 16.5. The molecule has 0 aliphatic rings. The maximum atomic E-state index is 12.7. The van der Waals surface area contributed by atoms with E-state index < -0.39 is 5.97 Å². The Bertz CT molecular complexity index is 685. The van der Waals surface area contributed by atoms with Gasteiger partial charge in [-0.2, -0.15) is 0 Å². The van der Waals surface area contributed by atoms with Crippen LogP contribution >= 0.6 is 0 Å². The molecule has 1 aromatic heterocycles. The fourth-order valence-corrected chi connectivity index (χ4v) is 2.26. The lowest BCUT2D eigenvalue weighted by molar-refractivity contribution is 0.0598. The molecule has 0 N–H and O–H groups in total. The molecule has 122 valence electrons. The molecule has 1 heterocycles. The molecule has 0 atom stereocenters. The van der Waals surface area contributed by atoms with Gasteiger partial charge in [0.25, 0.3) is 5.91 Å². The molecular formula is C18H21NO4. The average molecular weight is 315 g/mol. The van der Waals surface area contributed by atoms with E-state index in [1.165, 1.54) is 7.11 Å². The first-order valence-electron chi connectivity index (χ1n) is 7.47. The maximum Gasteiger partial charge on any atom is 0.337 e. The Morgan fingerprint density at radius 3 is 2.17 bits per heavy atom. The summed E-state index contributed by atoms with van der Waals surface area (Å²) in [4.78, 5) is 25.9. The van der Waals surface area contributed by atoms with Crippen LogP contribution in [0.15, 0.2) is 40.8 Å². The minimum absolute atomic E-state index is 0.0215. The number of amides is 1. The first-order valence-corrected chi connectivity index (χ1v) is 7.47. The van der Waals surface area contributed by atoms with Gasteiger partial charge >= 0.3 is 5.97 Å². The van der Waals surface area contributed by atoms with E-state index in [0.717, 1.165) is 11.5 Å². The van der Waals surface area contributed by atoms with Crippen LogP contribution in [0.5, 0.6) is 0 Å². The van der Waals surface area contributed by atoms with Crippen LogP contribution in [0.1, 0.15) is 46.1 Å². The van der Waals surface area contributed by atoms with Gasteiger partial charge in [-0.25, -0.2) is 4.79 Å². The second-order valence-electron chi connectivity index (χ2n) is 5.61. The third-order valence-corrected chi connectivity index (χ3v) is 3.56. The van der Waals surface area contributed by atoms with Crippen LogP contribution in [0.4, 0.5) is 0 Å². The van der Waals surface area contributed by atoms with Crippen molar-refractivity contribution >= 4 is 11.9 Å². The summed E-state index contributed by atoms with van der Waals surface area (Å²) >= 11 is 0. The van der Waals surface area contributed by atoms with Crippen molar-refractivity contribution in [2.75, 3.05) is 7.11 Å². The summed E-state index contributed by atoms with van der Waals surface area (Å²) in [5, 5.41) is 0. The number of benzene rings is 1. The molecule has 0 spiro atoms. The van der Waals surface area contributed by atoms with E-state index in [0.29, 0.717) is 17.7 Å². The van der Waals surface area contributed by atoms with Crippen molar-refractivity contribution in [1.29, 1.82) is 0 Å². The van der Waals surface area contributed by atoms with Gasteiger partial charge in [0, 0.05) is 11.6 Å². The van der Waals surface area contributed by atoms with Crippen LogP contribution in [0, 0.1) is 6.92 Å². The molecule has 0 aliphatic carbocycles. The van der Waals surface area contributed by atoms with E-state index >= 15 is 0 Å². The van der Waals surface area contributed by atoms with Gasteiger partial charge in [-0.15, -0.1) is 0 Å². The van der Waals surface area contributed by atoms with E-state index in [2.05, 4.69) is 4.74 Å². The number of esters is 1. The number of carbonyl (C=O) groups excluding carboxylic acids is 2. The van der Waals surface area contributed by atoms with Gasteiger partial charge in [0.1, 0.15) is 11.5 Å². The monoisotopic (exact) mass is 315 g/mol. The SMILES string of the molecule is COC(=O)c1ccc(C(=O)N(Cc2ccc(C)o2)C(C)C)cc1. The zero-order valence-corrected chi connectivity index (χ0v) is 13.8. The molecule has 5 nitrogen and oxygen atoms in total. The Morgan fingerprint density at radius 1 is 1.09 bits per heavy atom. The number of nitrogens with zero attached hydrogens (tertiary/aromatic N) is 1. The zero-order valence-electron chi connectivity index (χ0n) is 13.8. The summed E-state index contributed by atoms with van der Waals surface area (Å²) in [6.45, 7) is 6.19. The molecule has 0 fully saturated rings. The largest absolute Gasteiger partial charge is 0.465 e. The van der Waals surface area contributed by atoms with Crippen molar-refractivity contribution in [1.82, 2.24) is 4.90 Å². The van der Waals surface area contributed by atoms with Crippen molar-refractivity contribution < 1.29 is 18.7 Å². The fourth-order valence-electron chi connectivity index (χ4n) is 2.26. The second-order valence-corrected chi connectivity index (χ2v) is 5.61. The van der Waals surface area contributed by atoms with E-state index in [4.69, 9.17) is 4.42 Å². The van der Waals surface area contributed by atoms with Crippen molar-refractivity contribution in [3.8, 4) is 0 Å². The Kier molecular flexibility index (Phi) is 5.21. The van der Waals surface area contributed by atoms with E-state index in [-0.39, 0.29) is 11.9 Å². The van der Waals surface area contributed by atoms with Crippen molar-refractivity contribution in [3.05, 3.63) is 59.0 Å². The Balaban J connectivity index is 2.18. The van der Waals surface area contributed by atoms with E-state index in [9.17, 15) is 9.59 Å². The van der Waals surface area contributed by atoms with Crippen molar-refractivity contribution in [2.24, 2.45) is 0 Å². The fraction of sp³-hybridized carbons (Fsp3) is 0.333. The topological polar surface area (TPSA) is 59.8 Å². The minimum atomic E-state index is -0.421. The van der Waals surface area contributed by atoms with Gasteiger partial charge < -0.3 is 14.1 Å². The van der Waals surface area contributed by atoms with Crippen LogP contribution in [0.3, 0.4) is 0 Å². The standard InChI is InChI=1S/C18H21NO4/c1-12(2)19(11-16-10-5-13(3)23-16)17(20)14-6-8-15(9-7-14)18(21)22-4/h5-10,12H,11H2,1-4H3. The number of aryl methyl sites for hydroxylation is 1. The van der Waals surface area contributed by atoms with Crippen molar-refractivity contribution in [2.45, 2.75) is 33.4 Å². The van der Waals surface area contributed by atoms with E-state index in [1.807, 2.05) is 32.9 Å². The minimum Gasteiger partial charge on any atom is -0.465 e. The predicted octanol–water partition coefficient (Wildman–Crippen LogP) is 3.43.